The second-order valence-corrected chi connectivity index (χ2v) is 9.43. The number of hydrogen-bond donors (Lipinski definition) is 2. The van der Waals surface area contributed by atoms with Crippen LogP contribution < -0.4 is 9.47 Å². The second kappa shape index (κ2) is 11.9. The maximum atomic E-state index is 10.3. The highest BCUT2D eigenvalue weighted by Gasteiger charge is 2.23. The summed E-state index contributed by atoms with van der Waals surface area (Å²) in [4.78, 5) is 2.32. The average molecular weight is 462 g/mol. The van der Waals surface area contributed by atoms with E-state index >= 15 is 0 Å². The van der Waals surface area contributed by atoms with Gasteiger partial charge in [-0.1, -0.05) is 44.5 Å². The normalized spacial score (nSPS) is 17.0. The molecule has 32 heavy (non-hydrogen) atoms. The Balaban J connectivity index is 1.53. The number of piperidine rings is 1. The number of aliphatic hydroxyl groups excluding tert-OH is 2. The predicted octanol–water partition coefficient (Wildman–Crippen LogP) is 4.22. The molecule has 0 spiro atoms. The molecule has 1 saturated heterocycles. The van der Waals surface area contributed by atoms with Crippen LogP contribution in [0.3, 0.4) is 0 Å². The summed E-state index contributed by atoms with van der Waals surface area (Å²) in [6.45, 7) is 7.67. The van der Waals surface area contributed by atoms with Gasteiger partial charge in [0.05, 0.1) is 5.88 Å². The molecule has 1 fully saturated rings. The molecule has 0 aromatic heterocycles. The fraction of sp³-hybridized carbons (Fsp3) is 0.538. The van der Waals surface area contributed by atoms with Crippen LogP contribution in [-0.2, 0) is 5.41 Å². The fourth-order valence-corrected chi connectivity index (χ4v) is 4.11. The Labute approximate surface area is 196 Å². The Morgan fingerprint density at radius 2 is 1.28 bits per heavy atom. The van der Waals surface area contributed by atoms with Crippen LogP contribution in [0.15, 0.2) is 48.5 Å². The largest absolute Gasteiger partial charge is 0.491 e. The molecule has 0 radical (unpaired) electrons. The quantitative estimate of drug-likeness (QED) is 0.491. The minimum Gasteiger partial charge on any atom is -0.491 e. The van der Waals surface area contributed by atoms with Crippen LogP contribution in [0, 0.1) is 0 Å². The van der Waals surface area contributed by atoms with E-state index in [1.54, 1.807) is 0 Å². The van der Waals surface area contributed by atoms with Crippen molar-refractivity contribution in [3.8, 4) is 11.5 Å². The third kappa shape index (κ3) is 7.11. The van der Waals surface area contributed by atoms with Gasteiger partial charge in [0.15, 0.2) is 0 Å². The first kappa shape index (κ1) is 24.8. The van der Waals surface area contributed by atoms with E-state index in [9.17, 15) is 10.2 Å². The Morgan fingerprint density at radius 3 is 1.75 bits per heavy atom. The number of ether oxygens (including phenoxy) is 2. The number of hydrogen-bond acceptors (Lipinski definition) is 5. The Kier molecular flexibility index (Phi) is 9.23. The number of likely N-dealkylation sites (tertiary alicyclic amines) is 1. The van der Waals surface area contributed by atoms with Crippen molar-refractivity contribution in [2.75, 3.05) is 38.7 Å². The number of rotatable bonds is 11. The zero-order valence-electron chi connectivity index (χ0n) is 19.2. The van der Waals surface area contributed by atoms with Crippen molar-refractivity contribution in [2.45, 2.75) is 50.7 Å². The predicted molar refractivity (Wildman–Crippen MR) is 129 cm³/mol. The Hall–Kier alpha value is -1.79. The Bertz CT molecular complexity index is 804. The van der Waals surface area contributed by atoms with Crippen LogP contribution in [0.4, 0.5) is 0 Å². The minimum atomic E-state index is -0.667. The van der Waals surface area contributed by atoms with Crippen molar-refractivity contribution < 1.29 is 19.7 Å². The molecule has 3 rings (SSSR count). The number of β-amino-alcohol motifs (C(OH)–C–C–N with tert-alkyl or cyclic N) is 1. The van der Waals surface area contributed by atoms with Gasteiger partial charge in [-0.15, -0.1) is 11.6 Å². The van der Waals surface area contributed by atoms with E-state index in [0.29, 0.717) is 18.9 Å². The van der Waals surface area contributed by atoms with Crippen molar-refractivity contribution in [2.24, 2.45) is 0 Å². The van der Waals surface area contributed by atoms with Crippen LogP contribution in [0.5, 0.6) is 11.5 Å². The van der Waals surface area contributed by atoms with Crippen LogP contribution in [0.25, 0.3) is 0 Å². The smallest absolute Gasteiger partial charge is 0.119 e. The standard InChI is InChI=1S/C26H36ClNO4/c1-26(2,20-6-10-24(11-7-20)31-18-22(29)16-27)21-8-12-25(13-9-21)32-19-23(30)17-28-14-4-3-5-15-28/h6-13,22-23,29-30H,3-5,14-19H2,1-2H3/t22-,23-/m1/s1. The zero-order chi connectivity index (χ0) is 23.0. The highest BCUT2D eigenvalue weighted by Crippen LogP contribution is 2.33. The van der Waals surface area contributed by atoms with Gasteiger partial charge in [0.1, 0.15) is 36.9 Å². The van der Waals surface area contributed by atoms with Gasteiger partial charge in [0, 0.05) is 12.0 Å². The van der Waals surface area contributed by atoms with Gasteiger partial charge >= 0.3 is 0 Å². The molecule has 2 aromatic rings. The van der Waals surface area contributed by atoms with E-state index in [-0.39, 0.29) is 17.9 Å². The lowest BCUT2D eigenvalue weighted by Crippen LogP contribution is -2.38. The molecule has 5 nitrogen and oxygen atoms in total. The highest BCUT2D eigenvalue weighted by molar-refractivity contribution is 6.18. The van der Waals surface area contributed by atoms with Crippen molar-refractivity contribution in [1.29, 1.82) is 0 Å². The van der Waals surface area contributed by atoms with Crippen LogP contribution in [-0.4, -0.2) is 66.0 Å². The maximum absolute atomic E-state index is 10.3. The van der Waals surface area contributed by atoms with Crippen molar-refractivity contribution in [1.82, 2.24) is 4.90 Å². The number of alkyl halides is 1. The lowest BCUT2D eigenvalue weighted by molar-refractivity contribution is 0.0617. The maximum Gasteiger partial charge on any atom is 0.119 e. The lowest BCUT2D eigenvalue weighted by Gasteiger charge is -2.28. The molecule has 2 aromatic carbocycles. The van der Waals surface area contributed by atoms with E-state index in [1.165, 1.54) is 24.8 Å². The van der Waals surface area contributed by atoms with Crippen LogP contribution in [0.1, 0.15) is 44.2 Å². The van der Waals surface area contributed by atoms with E-state index < -0.39 is 12.2 Å². The molecule has 2 N–H and O–H groups in total. The van der Waals surface area contributed by atoms with Gasteiger partial charge in [-0.3, -0.25) is 0 Å². The van der Waals surface area contributed by atoms with Gasteiger partial charge in [-0.25, -0.2) is 0 Å². The summed E-state index contributed by atoms with van der Waals surface area (Å²) in [5.74, 6) is 1.63. The van der Waals surface area contributed by atoms with Crippen molar-refractivity contribution in [3.05, 3.63) is 59.7 Å². The van der Waals surface area contributed by atoms with E-state index in [0.717, 1.165) is 24.4 Å². The number of benzene rings is 2. The van der Waals surface area contributed by atoms with Crippen LogP contribution >= 0.6 is 11.6 Å². The molecule has 1 heterocycles. The third-order valence-corrected chi connectivity index (χ3v) is 6.49. The summed E-state index contributed by atoms with van der Waals surface area (Å²) >= 11 is 5.60. The number of halogens is 1. The summed E-state index contributed by atoms with van der Waals surface area (Å²) in [6, 6.07) is 16.0. The Morgan fingerprint density at radius 1 is 0.812 bits per heavy atom. The first-order chi connectivity index (χ1) is 15.4. The summed E-state index contributed by atoms with van der Waals surface area (Å²) in [5, 5.41) is 19.8. The van der Waals surface area contributed by atoms with Crippen molar-refractivity contribution in [3.63, 3.8) is 0 Å². The zero-order valence-corrected chi connectivity index (χ0v) is 19.9. The number of aliphatic hydroxyl groups is 2. The molecule has 0 amide bonds. The van der Waals surface area contributed by atoms with Crippen LogP contribution in [0.2, 0.25) is 0 Å². The fourth-order valence-electron chi connectivity index (χ4n) is 4.02. The topological polar surface area (TPSA) is 62.2 Å². The molecule has 1 aliphatic heterocycles. The molecular formula is C26H36ClNO4. The second-order valence-electron chi connectivity index (χ2n) is 9.12. The SMILES string of the molecule is CC(C)(c1ccc(OC[C@H](O)CCl)cc1)c1ccc(OC[C@H](O)CN2CCCCC2)cc1. The molecule has 0 unspecified atom stereocenters. The molecular weight excluding hydrogens is 426 g/mol. The minimum absolute atomic E-state index is 0.155. The molecule has 6 heteroatoms. The first-order valence-corrected chi connectivity index (χ1v) is 12.0. The van der Waals surface area contributed by atoms with Gasteiger partial charge in [0.25, 0.3) is 0 Å². The average Bonchev–Trinajstić information content (AvgIpc) is 2.82. The molecule has 2 atom stereocenters. The summed E-state index contributed by atoms with van der Waals surface area (Å²) in [7, 11) is 0. The van der Waals surface area contributed by atoms with E-state index in [1.807, 2.05) is 36.4 Å². The monoisotopic (exact) mass is 461 g/mol. The third-order valence-electron chi connectivity index (χ3n) is 6.13. The van der Waals surface area contributed by atoms with E-state index in [4.69, 9.17) is 21.1 Å². The summed E-state index contributed by atoms with van der Waals surface area (Å²) in [5.41, 5.74) is 2.14. The molecule has 0 aliphatic carbocycles. The molecule has 0 bridgehead atoms. The summed E-state index contributed by atoms with van der Waals surface area (Å²) in [6.07, 6.45) is 2.59. The highest BCUT2D eigenvalue weighted by atomic mass is 35.5. The van der Waals surface area contributed by atoms with Gasteiger partial charge in [-0.2, -0.15) is 0 Å². The molecule has 0 saturated carbocycles. The van der Waals surface area contributed by atoms with Gasteiger partial charge in [-0.05, 0) is 61.3 Å². The van der Waals surface area contributed by atoms with Gasteiger partial charge in [0.2, 0.25) is 0 Å². The first-order valence-electron chi connectivity index (χ1n) is 11.5. The van der Waals surface area contributed by atoms with Gasteiger partial charge < -0.3 is 24.6 Å². The molecule has 1 aliphatic rings. The van der Waals surface area contributed by atoms with Crippen molar-refractivity contribution >= 4 is 11.6 Å². The van der Waals surface area contributed by atoms with E-state index in [2.05, 4.69) is 30.9 Å². The number of nitrogens with zero attached hydrogens (tertiary/aromatic N) is 1. The molecule has 176 valence electrons. The lowest BCUT2D eigenvalue weighted by atomic mass is 9.78. The summed E-state index contributed by atoms with van der Waals surface area (Å²) < 4.78 is 11.4.